The van der Waals surface area contributed by atoms with Crippen molar-refractivity contribution in [3.63, 3.8) is 0 Å². The van der Waals surface area contributed by atoms with Crippen molar-refractivity contribution in [2.24, 2.45) is 5.41 Å². The van der Waals surface area contributed by atoms with Crippen LogP contribution in [0.4, 0.5) is 5.69 Å². The van der Waals surface area contributed by atoms with E-state index in [4.69, 9.17) is 9.51 Å². The molecule has 0 radical (unpaired) electrons. The third-order valence-corrected chi connectivity index (χ3v) is 6.63. The van der Waals surface area contributed by atoms with E-state index in [1.807, 2.05) is 0 Å². The molecule has 5 rings (SSSR count). The quantitative estimate of drug-likeness (QED) is 0.802. The van der Waals surface area contributed by atoms with E-state index in [1.54, 1.807) is 0 Å². The number of hydrogen-bond acceptors (Lipinski definition) is 4. The first-order chi connectivity index (χ1) is 12.3. The number of aryl methyl sites for hydroxylation is 1. The Morgan fingerprint density at radius 3 is 2.35 bits per heavy atom. The molecule has 2 bridgehead atoms. The van der Waals surface area contributed by atoms with Crippen LogP contribution in [-0.4, -0.2) is 16.7 Å². The largest absolute Gasteiger partial charge is 0.384 e. The third kappa shape index (κ3) is 3.15. The molecule has 0 atom stereocenters. The molecule has 4 heteroatoms. The SMILES string of the molecule is Cc1cccc(NCC23CCC(c4noc(C(C)(C)C)n4)(CC2)CC3)c1. The van der Waals surface area contributed by atoms with Crippen LogP contribution in [0, 0.1) is 12.3 Å². The van der Waals surface area contributed by atoms with Crippen molar-refractivity contribution >= 4 is 5.69 Å². The number of benzene rings is 1. The van der Waals surface area contributed by atoms with E-state index in [1.165, 1.54) is 49.8 Å². The number of nitrogens with one attached hydrogen (secondary N) is 1. The Morgan fingerprint density at radius 2 is 1.77 bits per heavy atom. The van der Waals surface area contributed by atoms with Gasteiger partial charge in [-0.1, -0.05) is 38.1 Å². The predicted molar refractivity (Wildman–Crippen MR) is 104 cm³/mol. The minimum Gasteiger partial charge on any atom is -0.384 e. The summed E-state index contributed by atoms with van der Waals surface area (Å²) in [6, 6.07) is 8.69. The first-order valence-corrected chi connectivity index (χ1v) is 9.96. The molecule has 3 aliphatic carbocycles. The van der Waals surface area contributed by atoms with Crippen LogP contribution in [0.3, 0.4) is 0 Å². The molecule has 0 spiro atoms. The van der Waals surface area contributed by atoms with E-state index in [0.29, 0.717) is 5.41 Å². The predicted octanol–water partition coefficient (Wildman–Crippen LogP) is 5.38. The average Bonchev–Trinajstić information content (AvgIpc) is 3.13. The lowest BCUT2D eigenvalue weighted by atomic mass is 9.53. The fourth-order valence-corrected chi connectivity index (χ4v) is 4.65. The van der Waals surface area contributed by atoms with Gasteiger partial charge in [0, 0.05) is 23.1 Å². The zero-order valence-corrected chi connectivity index (χ0v) is 16.6. The van der Waals surface area contributed by atoms with Gasteiger partial charge in [-0.2, -0.15) is 4.98 Å². The van der Waals surface area contributed by atoms with Gasteiger partial charge >= 0.3 is 0 Å². The number of nitrogens with zero attached hydrogens (tertiary/aromatic N) is 2. The van der Waals surface area contributed by atoms with E-state index in [-0.39, 0.29) is 10.8 Å². The van der Waals surface area contributed by atoms with E-state index < -0.39 is 0 Å². The van der Waals surface area contributed by atoms with Gasteiger partial charge in [0.2, 0.25) is 5.89 Å². The third-order valence-electron chi connectivity index (χ3n) is 6.63. The minimum atomic E-state index is -0.0767. The number of aromatic nitrogens is 2. The van der Waals surface area contributed by atoms with E-state index in [0.717, 1.165) is 18.3 Å². The number of hydrogen-bond donors (Lipinski definition) is 1. The molecule has 1 heterocycles. The Balaban J connectivity index is 1.44. The second-order valence-electron chi connectivity index (χ2n) is 9.68. The van der Waals surface area contributed by atoms with E-state index >= 15 is 0 Å². The highest BCUT2D eigenvalue weighted by atomic mass is 16.5. The average molecular weight is 354 g/mol. The van der Waals surface area contributed by atoms with Crippen LogP contribution < -0.4 is 5.32 Å². The maximum Gasteiger partial charge on any atom is 0.232 e. The molecule has 3 aliphatic rings. The van der Waals surface area contributed by atoms with Crippen molar-refractivity contribution in [3.8, 4) is 0 Å². The molecule has 0 saturated heterocycles. The van der Waals surface area contributed by atoms with Crippen LogP contribution in [-0.2, 0) is 10.8 Å². The maximum absolute atomic E-state index is 5.59. The van der Waals surface area contributed by atoms with Crippen LogP contribution >= 0.6 is 0 Å². The Hall–Kier alpha value is -1.84. The van der Waals surface area contributed by atoms with Crippen molar-refractivity contribution in [1.29, 1.82) is 0 Å². The monoisotopic (exact) mass is 353 g/mol. The summed E-state index contributed by atoms with van der Waals surface area (Å²) in [7, 11) is 0. The molecule has 0 aliphatic heterocycles. The normalized spacial score (nSPS) is 28.3. The van der Waals surface area contributed by atoms with Crippen molar-refractivity contribution in [2.45, 2.75) is 77.0 Å². The van der Waals surface area contributed by atoms with Crippen LogP contribution in [0.25, 0.3) is 0 Å². The Labute approximate surface area is 156 Å². The van der Waals surface area contributed by atoms with Gasteiger partial charge in [0.05, 0.1) is 0 Å². The standard InChI is InChI=1S/C22H31N3O/c1-16-6-5-7-17(14-16)23-15-21-8-11-22(12-9-21,13-10-21)18-24-19(26-25-18)20(2,3)4/h5-7,14,23H,8-13,15H2,1-4H3. The zero-order valence-electron chi connectivity index (χ0n) is 16.6. The van der Waals surface area contributed by atoms with Crippen molar-refractivity contribution in [2.75, 3.05) is 11.9 Å². The highest BCUT2D eigenvalue weighted by Gasteiger charge is 2.51. The van der Waals surface area contributed by atoms with Gasteiger partial charge in [0.1, 0.15) is 0 Å². The Kier molecular flexibility index (Phi) is 4.13. The van der Waals surface area contributed by atoms with Crippen molar-refractivity contribution in [1.82, 2.24) is 10.1 Å². The Bertz CT molecular complexity index is 762. The Morgan fingerprint density at radius 1 is 1.08 bits per heavy atom. The van der Waals surface area contributed by atoms with Crippen LogP contribution in [0.1, 0.15) is 76.6 Å². The second-order valence-corrected chi connectivity index (χ2v) is 9.68. The minimum absolute atomic E-state index is 0.0767. The lowest BCUT2D eigenvalue weighted by Crippen LogP contribution is -2.47. The lowest BCUT2D eigenvalue weighted by molar-refractivity contribution is 0.0445. The van der Waals surface area contributed by atoms with Gasteiger partial charge in [-0.15, -0.1) is 0 Å². The van der Waals surface area contributed by atoms with Gasteiger partial charge < -0.3 is 9.84 Å². The van der Waals surface area contributed by atoms with Crippen molar-refractivity contribution in [3.05, 3.63) is 41.5 Å². The maximum atomic E-state index is 5.59. The summed E-state index contributed by atoms with van der Waals surface area (Å²) in [6.45, 7) is 9.62. The van der Waals surface area contributed by atoms with Crippen LogP contribution in [0.2, 0.25) is 0 Å². The number of fused-ring (bicyclic) bond motifs is 3. The van der Waals surface area contributed by atoms with Gasteiger partial charge in [-0.05, 0) is 68.6 Å². The summed E-state index contributed by atoms with van der Waals surface area (Å²) in [6.07, 6.45) is 7.32. The summed E-state index contributed by atoms with van der Waals surface area (Å²) in [5.41, 5.74) is 3.06. The molecule has 26 heavy (non-hydrogen) atoms. The molecule has 1 N–H and O–H groups in total. The highest BCUT2D eigenvalue weighted by Crippen LogP contribution is 2.57. The van der Waals surface area contributed by atoms with Gasteiger partial charge in [-0.25, -0.2) is 0 Å². The van der Waals surface area contributed by atoms with Crippen LogP contribution in [0.5, 0.6) is 0 Å². The summed E-state index contributed by atoms with van der Waals surface area (Å²) in [5, 5.41) is 8.10. The van der Waals surface area contributed by atoms with E-state index in [2.05, 4.69) is 62.4 Å². The molecule has 1 aromatic carbocycles. The fourth-order valence-electron chi connectivity index (χ4n) is 4.65. The zero-order chi connectivity index (χ0) is 18.4. The topological polar surface area (TPSA) is 51.0 Å². The molecule has 3 fully saturated rings. The molecule has 3 saturated carbocycles. The molecule has 0 unspecified atom stereocenters. The first kappa shape index (κ1) is 17.6. The lowest BCUT2D eigenvalue weighted by Gasteiger charge is -2.52. The molecular formula is C22H31N3O. The van der Waals surface area contributed by atoms with E-state index in [9.17, 15) is 0 Å². The van der Waals surface area contributed by atoms with Gasteiger partial charge in [0.15, 0.2) is 5.82 Å². The summed E-state index contributed by atoms with van der Waals surface area (Å²) >= 11 is 0. The van der Waals surface area contributed by atoms with Gasteiger partial charge in [0.25, 0.3) is 0 Å². The number of rotatable bonds is 4. The van der Waals surface area contributed by atoms with Crippen molar-refractivity contribution < 1.29 is 4.52 Å². The molecule has 1 aromatic heterocycles. The van der Waals surface area contributed by atoms with Gasteiger partial charge in [-0.3, -0.25) is 0 Å². The first-order valence-electron chi connectivity index (χ1n) is 9.96. The smallest absolute Gasteiger partial charge is 0.232 e. The fraction of sp³-hybridized carbons (Fsp3) is 0.636. The molecule has 0 amide bonds. The molecule has 2 aromatic rings. The summed E-state index contributed by atoms with van der Waals surface area (Å²) in [5.74, 6) is 1.73. The molecule has 140 valence electrons. The summed E-state index contributed by atoms with van der Waals surface area (Å²) < 4.78 is 5.59. The molecular weight excluding hydrogens is 322 g/mol. The number of anilines is 1. The van der Waals surface area contributed by atoms with Crippen LogP contribution in [0.15, 0.2) is 28.8 Å². The second kappa shape index (κ2) is 6.11. The molecule has 4 nitrogen and oxygen atoms in total. The summed E-state index contributed by atoms with van der Waals surface area (Å²) in [4.78, 5) is 4.81. The highest BCUT2D eigenvalue weighted by molar-refractivity contribution is 5.45.